The number of nitrogens with one attached hydrogen (secondary N) is 1. The van der Waals surface area contributed by atoms with E-state index in [9.17, 15) is 9.59 Å². The zero-order valence-corrected chi connectivity index (χ0v) is 11.9. The number of thiophene rings is 1. The SMILES string of the molecule is O=C(O)c1nccnc1NC(=O)C1CCCc2sccc21. The fraction of sp³-hybridized carbons (Fsp3) is 0.286. The van der Waals surface area contributed by atoms with Gasteiger partial charge in [-0.15, -0.1) is 11.3 Å². The van der Waals surface area contributed by atoms with Crippen LogP contribution in [0.1, 0.15) is 39.7 Å². The first-order valence-electron chi connectivity index (χ1n) is 6.58. The number of hydrogen-bond donors (Lipinski definition) is 2. The minimum Gasteiger partial charge on any atom is -0.476 e. The summed E-state index contributed by atoms with van der Waals surface area (Å²) in [7, 11) is 0. The van der Waals surface area contributed by atoms with E-state index < -0.39 is 5.97 Å². The number of fused-ring (bicyclic) bond motifs is 1. The minimum atomic E-state index is -1.21. The molecule has 2 aromatic rings. The topological polar surface area (TPSA) is 92.2 Å². The van der Waals surface area contributed by atoms with Crippen LogP contribution in [0.4, 0.5) is 5.82 Å². The largest absolute Gasteiger partial charge is 0.476 e. The van der Waals surface area contributed by atoms with Gasteiger partial charge in [-0.25, -0.2) is 14.8 Å². The van der Waals surface area contributed by atoms with Crippen LogP contribution < -0.4 is 5.32 Å². The van der Waals surface area contributed by atoms with Gasteiger partial charge in [0.25, 0.3) is 0 Å². The number of carboxylic acids is 1. The van der Waals surface area contributed by atoms with Gasteiger partial charge in [-0.3, -0.25) is 4.79 Å². The Kier molecular flexibility index (Phi) is 3.66. The smallest absolute Gasteiger partial charge is 0.358 e. The molecule has 0 saturated heterocycles. The summed E-state index contributed by atoms with van der Waals surface area (Å²) in [5.41, 5.74) is 0.803. The molecule has 0 saturated carbocycles. The van der Waals surface area contributed by atoms with Crippen molar-refractivity contribution in [2.24, 2.45) is 0 Å². The summed E-state index contributed by atoms with van der Waals surface area (Å²) in [6.07, 6.45) is 5.37. The van der Waals surface area contributed by atoms with Crippen molar-refractivity contribution in [3.8, 4) is 0 Å². The monoisotopic (exact) mass is 303 g/mol. The maximum Gasteiger partial charge on any atom is 0.358 e. The Balaban J connectivity index is 1.84. The van der Waals surface area contributed by atoms with E-state index in [1.807, 2.05) is 11.4 Å². The van der Waals surface area contributed by atoms with Gasteiger partial charge in [0.2, 0.25) is 5.91 Å². The van der Waals surface area contributed by atoms with Gasteiger partial charge in [-0.05, 0) is 36.3 Å². The molecule has 108 valence electrons. The number of carbonyl (C=O) groups is 2. The van der Waals surface area contributed by atoms with Crippen molar-refractivity contribution in [2.45, 2.75) is 25.2 Å². The number of carboxylic acid groups (broad SMARTS) is 1. The van der Waals surface area contributed by atoms with Gasteiger partial charge in [0.1, 0.15) is 0 Å². The van der Waals surface area contributed by atoms with Crippen LogP contribution in [0.25, 0.3) is 0 Å². The molecule has 0 spiro atoms. The first-order valence-corrected chi connectivity index (χ1v) is 7.46. The number of aromatic nitrogens is 2. The third-order valence-electron chi connectivity index (χ3n) is 3.51. The first kappa shape index (κ1) is 13.7. The molecule has 2 N–H and O–H groups in total. The second-order valence-corrected chi connectivity index (χ2v) is 5.79. The Morgan fingerprint density at radius 1 is 1.33 bits per heavy atom. The Morgan fingerprint density at radius 3 is 2.95 bits per heavy atom. The number of nitrogens with zero attached hydrogens (tertiary/aromatic N) is 2. The Bertz CT molecular complexity index is 698. The average molecular weight is 303 g/mol. The predicted octanol–water partition coefficient (Wildman–Crippen LogP) is 2.29. The molecular weight excluding hydrogens is 290 g/mol. The highest BCUT2D eigenvalue weighted by molar-refractivity contribution is 7.10. The molecule has 2 heterocycles. The molecule has 0 aromatic carbocycles. The zero-order valence-electron chi connectivity index (χ0n) is 11.1. The van der Waals surface area contributed by atoms with Crippen molar-refractivity contribution in [3.05, 3.63) is 40.0 Å². The molecule has 3 rings (SSSR count). The van der Waals surface area contributed by atoms with Crippen molar-refractivity contribution in [1.29, 1.82) is 0 Å². The van der Waals surface area contributed by atoms with Crippen molar-refractivity contribution in [3.63, 3.8) is 0 Å². The maximum absolute atomic E-state index is 12.4. The fourth-order valence-electron chi connectivity index (χ4n) is 2.55. The molecule has 0 aliphatic heterocycles. The summed E-state index contributed by atoms with van der Waals surface area (Å²) < 4.78 is 0. The molecule has 1 atom stereocenters. The number of hydrogen-bond acceptors (Lipinski definition) is 5. The molecular formula is C14H13N3O3S. The first-order chi connectivity index (χ1) is 10.2. The van der Waals surface area contributed by atoms with Gasteiger partial charge in [0.05, 0.1) is 5.92 Å². The van der Waals surface area contributed by atoms with Crippen LogP contribution in [0.5, 0.6) is 0 Å². The number of aromatic carboxylic acids is 1. The molecule has 1 aliphatic carbocycles. The third-order valence-corrected chi connectivity index (χ3v) is 4.51. The molecule has 2 aromatic heterocycles. The normalized spacial score (nSPS) is 17.0. The number of rotatable bonds is 3. The number of aryl methyl sites for hydroxylation is 1. The highest BCUT2D eigenvalue weighted by atomic mass is 32.1. The van der Waals surface area contributed by atoms with Crippen LogP contribution in [0.3, 0.4) is 0 Å². The summed E-state index contributed by atoms with van der Waals surface area (Å²) in [5.74, 6) is -1.68. The van der Waals surface area contributed by atoms with Gasteiger partial charge >= 0.3 is 5.97 Å². The lowest BCUT2D eigenvalue weighted by atomic mass is 9.87. The lowest BCUT2D eigenvalue weighted by molar-refractivity contribution is -0.117. The molecule has 0 bridgehead atoms. The van der Waals surface area contributed by atoms with Crippen LogP contribution >= 0.6 is 11.3 Å². The van der Waals surface area contributed by atoms with E-state index in [1.54, 1.807) is 11.3 Å². The summed E-state index contributed by atoms with van der Waals surface area (Å²) in [6, 6.07) is 1.97. The summed E-state index contributed by atoms with van der Waals surface area (Å²) in [6.45, 7) is 0. The van der Waals surface area contributed by atoms with E-state index >= 15 is 0 Å². The predicted molar refractivity (Wildman–Crippen MR) is 77.6 cm³/mol. The highest BCUT2D eigenvalue weighted by Gasteiger charge is 2.28. The van der Waals surface area contributed by atoms with Crippen LogP contribution in [-0.2, 0) is 11.2 Å². The third kappa shape index (κ3) is 2.64. The van der Waals surface area contributed by atoms with Crippen molar-refractivity contribution in [2.75, 3.05) is 5.32 Å². The van der Waals surface area contributed by atoms with E-state index in [0.717, 1.165) is 24.8 Å². The van der Waals surface area contributed by atoms with Gasteiger partial charge in [0.15, 0.2) is 11.5 Å². The lowest BCUT2D eigenvalue weighted by Crippen LogP contribution is -2.25. The minimum absolute atomic E-state index is 0.00245. The number of amides is 1. The van der Waals surface area contributed by atoms with Crippen molar-refractivity contribution >= 4 is 29.0 Å². The molecule has 21 heavy (non-hydrogen) atoms. The summed E-state index contributed by atoms with van der Waals surface area (Å²) in [5, 5.41) is 13.7. The van der Waals surface area contributed by atoms with Crippen LogP contribution in [0.15, 0.2) is 23.8 Å². The molecule has 1 aliphatic rings. The molecule has 1 amide bonds. The highest BCUT2D eigenvalue weighted by Crippen LogP contribution is 2.35. The second-order valence-electron chi connectivity index (χ2n) is 4.79. The van der Waals surface area contributed by atoms with Gasteiger partial charge in [-0.2, -0.15) is 0 Å². The van der Waals surface area contributed by atoms with Crippen LogP contribution in [-0.4, -0.2) is 27.0 Å². The fourth-order valence-corrected chi connectivity index (χ4v) is 3.54. The quantitative estimate of drug-likeness (QED) is 0.907. The van der Waals surface area contributed by atoms with E-state index in [-0.39, 0.29) is 23.3 Å². The van der Waals surface area contributed by atoms with Gasteiger partial charge < -0.3 is 10.4 Å². The van der Waals surface area contributed by atoms with Crippen LogP contribution in [0, 0.1) is 0 Å². The summed E-state index contributed by atoms with van der Waals surface area (Å²) in [4.78, 5) is 32.4. The van der Waals surface area contributed by atoms with E-state index in [0.29, 0.717) is 0 Å². The molecule has 6 nitrogen and oxygen atoms in total. The van der Waals surface area contributed by atoms with Gasteiger partial charge in [0, 0.05) is 17.3 Å². The molecule has 0 radical (unpaired) electrons. The Morgan fingerprint density at radius 2 is 2.14 bits per heavy atom. The molecule has 0 fully saturated rings. The van der Waals surface area contributed by atoms with Crippen LogP contribution in [0.2, 0.25) is 0 Å². The van der Waals surface area contributed by atoms with E-state index in [4.69, 9.17) is 5.11 Å². The Labute approximate surface area is 124 Å². The zero-order chi connectivity index (χ0) is 14.8. The van der Waals surface area contributed by atoms with Crippen molar-refractivity contribution < 1.29 is 14.7 Å². The van der Waals surface area contributed by atoms with E-state index in [1.165, 1.54) is 17.3 Å². The summed E-state index contributed by atoms with van der Waals surface area (Å²) >= 11 is 1.66. The number of carbonyl (C=O) groups excluding carboxylic acids is 1. The molecule has 1 unspecified atom stereocenters. The lowest BCUT2D eigenvalue weighted by Gasteiger charge is -2.21. The second kappa shape index (κ2) is 5.61. The van der Waals surface area contributed by atoms with E-state index in [2.05, 4.69) is 15.3 Å². The maximum atomic E-state index is 12.4. The van der Waals surface area contributed by atoms with Gasteiger partial charge in [-0.1, -0.05) is 0 Å². The molecule has 7 heteroatoms. The number of anilines is 1. The average Bonchev–Trinajstić information content (AvgIpc) is 2.95. The standard InChI is InChI=1S/C14H13N3O3S/c18-13(9-2-1-3-10-8(9)4-7-21-10)17-12-11(14(19)20)15-5-6-16-12/h4-7,9H,1-3H2,(H,19,20)(H,16,17,18). The Hall–Kier alpha value is -2.28. The van der Waals surface area contributed by atoms with Crippen molar-refractivity contribution in [1.82, 2.24) is 9.97 Å².